The van der Waals surface area contributed by atoms with Crippen LogP contribution in [0, 0.1) is 11.3 Å². The Hall–Kier alpha value is -1.71. The molecular weight excluding hydrogens is 388 g/mol. The summed E-state index contributed by atoms with van der Waals surface area (Å²) in [7, 11) is 1.58. The Morgan fingerprint density at radius 2 is 1.70 bits per heavy atom. The maximum Gasteiger partial charge on any atom is 0.151 e. The number of nitrogen functional groups attached to an aromatic ring is 1. The van der Waals surface area contributed by atoms with Crippen LogP contribution in [0.4, 0.5) is 5.69 Å². The highest BCUT2D eigenvalue weighted by molar-refractivity contribution is 9.11. The van der Waals surface area contributed by atoms with Gasteiger partial charge in [-0.05, 0) is 56.1 Å². The number of hydrogen-bond donors (Lipinski definition) is 1. The summed E-state index contributed by atoms with van der Waals surface area (Å²) in [6.07, 6.45) is 0. The number of anilines is 1. The molecule has 0 heterocycles. The van der Waals surface area contributed by atoms with E-state index in [-0.39, 0.29) is 0 Å². The first-order chi connectivity index (χ1) is 9.55. The molecule has 2 aromatic rings. The monoisotopic (exact) mass is 396 g/mol. The van der Waals surface area contributed by atoms with Gasteiger partial charge >= 0.3 is 0 Å². The van der Waals surface area contributed by atoms with E-state index < -0.39 is 0 Å². The molecule has 0 bridgehead atoms. The summed E-state index contributed by atoms with van der Waals surface area (Å²) in [5, 5.41) is 8.91. The van der Waals surface area contributed by atoms with Gasteiger partial charge in [-0.1, -0.05) is 0 Å². The van der Waals surface area contributed by atoms with Crippen molar-refractivity contribution in [3.8, 4) is 23.3 Å². The van der Waals surface area contributed by atoms with Gasteiger partial charge in [-0.3, -0.25) is 0 Å². The van der Waals surface area contributed by atoms with Gasteiger partial charge < -0.3 is 15.2 Å². The first-order valence-electron chi connectivity index (χ1n) is 5.55. The number of methoxy groups -OCH3 is 1. The fraction of sp³-hybridized carbons (Fsp3) is 0.0714. The fourth-order valence-corrected chi connectivity index (χ4v) is 2.44. The number of halogens is 2. The van der Waals surface area contributed by atoms with E-state index in [1.807, 2.05) is 6.07 Å². The van der Waals surface area contributed by atoms with E-state index in [0.29, 0.717) is 28.5 Å². The van der Waals surface area contributed by atoms with Crippen LogP contribution >= 0.6 is 31.9 Å². The van der Waals surface area contributed by atoms with Crippen LogP contribution in [0.2, 0.25) is 0 Å². The van der Waals surface area contributed by atoms with E-state index >= 15 is 0 Å². The van der Waals surface area contributed by atoms with Gasteiger partial charge in [-0.15, -0.1) is 0 Å². The quantitative estimate of drug-likeness (QED) is 0.776. The molecule has 0 fully saturated rings. The highest BCUT2D eigenvalue weighted by atomic mass is 79.9. The van der Waals surface area contributed by atoms with Crippen molar-refractivity contribution in [3.63, 3.8) is 0 Å². The lowest BCUT2D eigenvalue weighted by Crippen LogP contribution is -1.94. The molecule has 0 saturated heterocycles. The molecule has 2 aromatic carbocycles. The topological polar surface area (TPSA) is 68.3 Å². The molecule has 0 saturated carbocycles. The Labute approximate surface area is 133 Å². The van der Waals surface area contributed by atoms with Crippen molar-refractivity contribution in [2.75, 3.05) is 12.8 Å². The molecule has 102 valence electrons. The molecule has 20 heavy (non-hydrogen) atoms. The highest BCUT2D eigenvalue weighted by Crippen LogP contribution is 2.39. The van der Waals surface area contributed by atoms with Crippen LogP contribution in [-0.2, 0) is 0 Å². The second kappa shape index (κ2) is 6.16. The third kappa shape index (κ3) is 3.06. The van der Waals surface area contributed by atoms with Crippen LogP contribution in [0.25, 0.3) is 0 Å². The third-order valence-corrected chi connectivity index (χ3v) is 3.81. The summed E-state index contributed by atoms with van der Waals surface area (Å²) in [5.74, 6) is 1.68. The Bertz CT molecular complexity index is 696. The molecule has 0 aliphatic heterocycles. The number of hydrogen-bond acceptors (Lipinski definition) is 4. The lowest BCUT2D eigenvalue weighted by Gasteiger charge is -2.12. The zero-order chi connectivity index (χ0) is 14.7. The second-order valence-electron chi connectivity index (χ2n) is 3.88. The number of nitriles is 1. The number of rotatable bonds is 3. The van der Waals surface area contributed by atoms with Gasteiger partial charge in [0.2, 0.25) is 0 Å². The molecule has 0 aromatic heterocycles. The molecule has 0 radical (unpaired) electrons. The summed E-state index contributed by atoms with van der Waals surface area (Å²) in [6.45, 7) is 0. The predicted molar refractivity (Wildman–Crippen MR) is 84.0 cm³/mol. The van der Waals surface area contributed by atoms with E-state index in [1.165, 1.54) is 0 Å². The number of benzene rings is 2. The SMILES string of the molecule is COc1cc(Br)c(Oc2cc(C#N)ccc2N)cc1Br. The Balaban J connectivity index is 2.40. The lowest BCUT2D eigenvalue weighted by molar-refractivity contribution is 0.409. The van der Waals surface area contributed by atoms with Gasteiger partial charge in [-0.2, -0.15) is 5.26 Å². The third-order valence-electron chi connectivity index (χ3n) is 2.57. The minimum Gasteiger partial charge on any atom is -0.496 e. The molecule has 0 amide bonds. The van der Waals surface area contributed by atoms with E-state index in [9.17, 15) is 0 Å². The average Bonchev–Trinajstić information content (AvgIpc) is 2.44. The van der Waals surface area contributed by atoms with E-state index in [0.717, 1.165) is 8.95 Å². The van der Waals surface area contributed by atoms with Crippen molar-refractivity contribution in [3.05, 3.63) is 44.8 Å². The molecule has 0 spiro atoms. The summed E-state index contributed by atoms with van der Waals surface area (Å²) < 4.78 is 12.4. The highest BCUT2D eigenvalue weighted by Gasteiger charge is 2.11. The molecular formula is C14H10Br2N2O2. The van der Waals surface area contributed by atoms with Gasteiger partial charge in [0.05, 0.1) is 33.4 Å². The predicted octanol–water partition coefficient (Wildman–Crippen LogP) is 4.47. The van der Waals surface area contributed by atoms with Crippen LogP contribution in [-0.4, -0.2) is 7.11 Å². The zero-order valence-electron chi connectivity index (χ0n) is 10.5. The minimum absolute atomic E-state index is 0.432. The van der Waals surface area contributed by atoms with Crippen molar-refractivity contribution >= 4 is 37.5 Å². The number of nitrogens with zero attached hydrogens (tertiary/aromatic N) is 1. The number of ether oxygens (including phenoxy) is 2. The largest absolute Gasteiger partial charge is 0.496 e. The zero-order valence-corrected chi connectivity index (χ0v) is 13.7. The average molecular weight is 398 g/mol. The Kier molecular flexibility index (Phi) is 4.53. The Morgan fingerprint density at radius 1 is 1.05 bits per heavy atom. The smallest absolute Gasteiger partial charge is 0.151 e. The van der Waals surface area contributed by atoms with E-state index in [2.05, 4.69) is 31.9 Å². The molecule has 0 aliphatic rings. The fourth-order valence-electron chi connectivity index (χ4n) is 1.56. The van der Waals surface area contributed by atoms with Crippen molar-refractivity contribution in [1.29, 1.82) is 5.26 Å². The number of nitrogens with two attached hydrogens (primary N) is 1. The van der Waals surface area contributed by atoms with Crippen LogP contribution in [0.1, 0.15) is 5.56 Å². The van der Waals surface area contributed by atoms with Crippen LogP contribution < -0.4 is 15.2 Å². The second-order valence-corrected chi connectivity index (χ2v) is 5.59. The van der Waals surface area contributed by atoms with Crippen LogP contribution in [0.3, 0.4) is 0 Å². The summed E-state index contributed by atoms with van der Waals surface area (Å²) in [5.41, 5.74) is 6.80. The maximum absolute atomic E-state index is 8.91. The van der Waals surface area contributed by atoms with Crippen molar-refractivity contribution in [1.82, 2.24) is 0 Å². The standard InChI is InChI=1S/C14H10Br2N2O2/c1-19-12-5-10(16)13(6-9(12)15)20-14-4-8(7-17)2-3-11(14)18/h2-6H,18H2,1H3. The maximum atomic E-state index is 8.91. The van der Waals surface area contributed by atoms with Gasteiger partial charge in [0, 0.05) is 6.07 Å². The van der Waals surface area contributed by atoms with Gasteiger partial charge in [-0.25, -0.2) is 0 Å². The summed E-state index contributed by atoms with van der Waals surface area (Å²) >= 11 is 6.80. The van der Waals surface area contributed by atoms with Gasteiger partial charge in [0.25, 0.3) is 0 Å². The molecule has 2 N–H and O–H groups in total. The van der Waals surface area contributed by atoms with Crippen molar-refractivity contribution in [2.24, 2.45) is 0 Å². The normalized spacial score (nSPS) is 9.90. The Morgan fingerprint density at radius 3 is 2.35 bits per heavy atom. The van der Waals surface area contributed by atoms with Crippen molar-refractivity contribution in [2.45, 2.75) is 0 Å². The van der Waals surface area contributed by atoms with E-state index in [1.54, 1.807) is 37.4 Å². The van der Waals surface area contributed by atoms with E-state index in [4.69, 9.17) is 20.5 Å². The van der Waals surface area contributed by atoms with Crippen molar-refractivity contribution < 1.29 is 9.47 Å². The minimum atomic E-state index is 0.432. The van der Waals surface area contributed by atoms with Gasteiger partial charge in [0.1, 0.15) is 11.5 Å². The summed E-state index contributed by atoms with van der Waals surface area (Å²) in [6, 6.07) is 10.5. The first kappa shape index (κ1) is 14.7. The van der Waals surface area contributed by atoms with Crippen LogP contribution in [0.15, 0.2) is 39.3 Å². The van der Waals surface area contributed by atoms with Crippen LogP contribution in [0.5, 0.6) is 17.2 Å². The molecule has 4 nitrogen and oxygen atoms in total. The molecule has 2 rings (SSSR count). The summed E-state index contributed by atoms with van der Waals surface area (Å²) in [4.78, 5) is 0. The molecule has 0 atom stereocenters. The molecule has 0 aliphatic carbocycles. The lowest BCUT2D eigenvalue weighted by atomic mass is 10.2. The van der Waals surface area contributed by atoms with Gasteiger partial charge in [0.15, 0.2) is 5.75 Å². The molecule has 6 heteroatoms. The molecule has 0 unspecified atom stereocenters. The first-order valence-corrected chi connectivity index (χ1v) is 7.14.